The van der Waals surface area contributed by atoms with Gasteiger partial charge < -0.3 is 19.9 Å². The number of hydrogen-bond acceptors (Lipinski definition) is 7. The Kier molecular flexibility index (Phi) is 5.14. The number of fused-ring (bicyclic) bond motifs is 1. The Bertz CT molecular complexity index is 1100. The molecule has 3 aromatic rings. The third-order valence-corrected chi connectivity index (χ3v) is 5.49. The molecule has 4 rings (SSSR count). The lowest BCUT2D eigenvalue weighted by Gasteiger charge is -2.24. The van der Waals surface area contributed by atoms with E-state index in [1.165, 1.54) is 0 Å². The number of aromatic nitrogens is 2. The van der Waals surface area contributed by atoms with Crippen LogP contribution in [0.3, 0.4) is 0 Å². The van der Waals surface area contributed by atoms with Crippen molar-refractivity contribution >= 4 is 11.3 Å². The molecule has 3 N–H and O–H groups in total. The third kappa shape index (κ3) is 3.30. The van der Waals surface area contributed by atoms with Gasteiger partial charge in [-0.25, -0.2) is 0 Å². The van der Waals surface area contributed by atoms with Crippen molar-refractivity contribution in [3.05, 3.63) is 58.3 Å². The highest BCUT2D eigenvalue weighted by Gasteiger charge is 2.36. The second kappa shape index (κ2) is 7.89. The minimum absolute atomic E-state index is 0.0566. The van der Waals surface area contributed by atoms with E-state index >= 15 is 0 Å². The molecular weight excluding hydrogens is 388 g/mol. The summed E-state index contributed by atoms with van der Waals surface area (Å²) in [6.07, 6.45) is 0. The van der Waals surface area contributed by atoms with Crippen LogP contribution in [0.4, 0.5) is 0 Å². The molecule has 29 heavy (non-hydrogen) atoms. The van der Waals surface area contributed by atoms with Gasteiger partial charge in [-0.3, -0.25) is 5.10 Å². The van der Waals surface area contributed by atoms with Crippen molar-refractivity contribution in [2.75, 3.05) is 13.2 Å². The van der Waals surface area contributed by atoms with Crippen LogP contribution in [0.15, 0.2) is 47.2 Å². The van der Waals surface area contributed by atoms with Crippen LogP contribution in [0, 0.1) is 11.3 Å². The van der Waals surface area contributed by atoms with Crippen molar-refractivity contribution in [3.63, 3.8) is 0 Å². The Morgan fingerprint density at radius 3 is 2.72 bits per heavy atom. The monoisotopic (exact) mass is 408 g/mol. The van der Waals surface area contributed by atoms with Crippen molar-refractivity contribution in [2.45, 2.75) is 19.8 Å². The highest BCUT2D eigenvalue weighted by Crippen LogP contribution is 2.47. The number of aromatic amines is 1. The molecule has 0 spiro atoms. The SMILES string of the molecule is CCOc1ccc([C@@H]2C(C#N)=C(N)Oc3n[nH]c(-c4cccs4)c32)cc1OCC. The maximum absolute atomic E-state index is 9.84. The van der Waals surface area contributed by atoms with Gasteiger partial charge in [-0.15, -0.1) is 16.4 Å². The van der Waals surface area contributed by atoms with Gasteiger partial charge in [0.1, 0.15) is 11.6 Å². The number of benzene rings is 1. The molecule has 0 aliphatic carbocycles. The van der Waals surface area contributed by atoms with Crippen LogP contribution >= 0.6 is 11.3 Å². The lowest BCUT2D eigenvalue weighted by Crippen LogP contribution is -2.21. The molecule has 1 aromatic carbocycles. The second-order valence-electron chi connectivity index (χ2n) is 6.29. The molecular formula is C21H20N4O3S. The summed E-state index contributed by atoms with van der Waals surface area (Å²) in [4.78, 5) is 1.00. The summed E-state index contributed by atoms with van der Waals surface area (Å²) in [6.45, 7) is 4.86. The zero-order valence-electron chi connectivity index (χ0n) is 16.1. The average Bonchev–Trinajstić information content (AvgIpc) is 3.38. The first-order valence-electron chi connectivity index (χ1n) is 9.27. The Labute approximate surface area is 172 Å². The van der Waals surface area contributed by atoms with E-state index in [0.29, 0.717) is 36.2 Å². The average molecular weight is 408 g/mol. The summed E-state index contributed by atoms with van der Waals surface area (Å²) in [5, 5.41) is 19.2. The molecule has 8 heteroatoms. The van der Waals surface area contributed by atoms with Crippen molar-refractivity contribution < 1.29 is 14.2 Å². The molecule has 0 fully saturated rings. The summed E-state index contributed by atoms with van der Waals surface area (Å²) in [5.41, 5.74) is 8.84. The summed E-state index contributed by atoms with van der Waals surface area (Å²) in [7, 11) is 0. The summed E-state index contributed by atoms with van der Waals surface area (Å²) < 4.78 is 17.1. The quantitative estimate of drug-likeness (QED) is 0.634. The van der Waals surface area contributed by atoms with Gasteiger partial charge >= 0.3 is 0 Å². The predicted octanol–water partition coefficient (Wildman–Crippen LogP) is 4.15. The number of hydrogen-bond donors (Lipinski definition) is 2. The van der Waals surface area contributed by atoms with E-state index in [2.05, 4.69) is 16.3 Å². The van der Waals surface area contributed by atoms with Crippen LogP contribution in [0.1, 0.15) is 30.9 Å². The van der Waals surface area contributed by atoms with Crippen LogP contribution in [0.5, 0.6) is 17.4 Å². The first-order chi connectivity index (χ1) is 14.2. The summed E-state index contributed by atoms with van der Waals surface area (Å²) in [6, 6.07) is 11.8. The molecule has 0 saturated heterocycles. The van der Waals surface area contributed by atoms with Gasteiger partial charge in [0, 0.05) is 0 Å². The van der Waals surface area contributed by atoms with Gasteiger partial charge in [-0.1, -0.05) is 12.1 Å². The van der Waals surface area contributed by atoms with Crippen molar-refractivity contribution in [1.29, 1.82) is 5.26 Å². The molecule has 0 radical (unpaired) electrons. The van der Waals surface area contributed by atoms with E-state index < -0.39 is 5.92 Å². The van der Waals surface area contributed by atoms with Crippen LogP contribution in [0.25, 0.3) is 10.6 Å². The molecule has 2 aromatic heterocycles. The minimum Gasteiger partial charge on any atom is -0.490 e. The molecule has 7 nitrogen and oxygen atoms in total. The Balaban J connectivity index is 1.90. The smallest absolute Gasteiger partial charge is 0.244 e. The molecule has 0 saturated carbocycles. The molecule has 1 atom stereocenters. The van der Waals surface area contributed by atoms with E-state index in [-0.39, 0.29) is 5.88 Å². The number of rotatable bonds is 6. The highest BCUT2D eigenvalue weighted by molar-refractivity contribution is 7.13. The van der Waals surface area contributed by atoms with Gasteiger partial charge in [0.25, 0.3) is 0 Å². The lowest BCUT2D eigenvalue weighted by atomic mass is 9.83. The molecule has 148 valence electrons. The molecule has 0 unspecified atom stereocenters. The number of nitrogens with one attached hydrogen (secondary N) is 1. The number of thiophene rings is 1. The van der Waals surface area contributed by atoms with Crippen LogP contribution in [-0.2, 0) is 0 Å². The van der Waals surface area contributed by atoms with Gasteiger partial charge in [0.05, 0.1) is 35.3 Å². The van der Waals surface area contributed by atoms with Crippen molar-refractivity contribution in [3.8, 4) is 34.0 Å². The number of ether oxygens (including phenoxy) is 3. The van der Waals surface area contributed by atoms with Crippen molar-refractivity contribution in [2.24, 2.45) is 5.73 Å². The fourth-order valence-corrected chi connectivity index (χ4v) is 4.17. The summed E-state index contributed by atoms with van der Waals surface area (Å²) in [5.74, 6) is 1.28. The van der Waals surface area contributed by atoms with Crippen LogP contribution in [-0.4, -0.2) is 23.4 Å². The van der Waals surface area contributed by atoms with Gasteiger partial charge in [0.2, 0.25) is 11.8 Å². The number of nitriles is 1. The predicted molar refractivity (Wildman–Crippen MR) is 110 cm³/mol. The maximum atomic E-state index is 9.84. The number of H-pyrrole nitrogens is 1. The van der Waals surface area contributed by atoms with Gasteiger partial charge in [-0.2, -0.15) is 5.26 Å². The first kappa shape index (κ1) is 18.9. The number of allylic oxidation sites excluding steroid dienone is 1. The largest absolute Gasteiger partial charge is 0.490 e. The second-order valence-corrected chi connectivity index (χ2v) is 7.24. The van der Waals surface area contributed by atoms with E-state index in [0.717, 1.165) is 21.7 Å². The van der Waals surface area contributed by atoms with E-state index in [1.807, 2.05) is 49.6 Å². The molecule has 1 aliphatic rings. The maximum Gasteiger partial charge on any atom is 0.244 e. The summed E-state index contributed by atoms with van der Waals surface area (Å²) >= 11 is 1.58. The molecule has 3 heterocycles. The third-order valence-electron chi connectivity index (χ3n) is 4.61. The fraction of sp³-hybridized carbons (Fsp3) is 0.238. The highest BCUT2D eigenvalue weighted by atomic mass is 32.1. The van der Waals surface area contributed by atoms with Crippen molar-refractivity contribution in [1.82, 2.24) is 10.2 Å². The topological polar surface area (TPSA) is 106 Å². The number of nitrogens with two attached hydrogens (primary N) is 1. The fourth-order valence-electron chi connectivity index (χ4n) is 3.43. The van der Waals surface area contributed by atoms with E-state index in [9.17, 15) is 5.26 Å². The zero-order valence-corrected chi connectivity index (χ0v) is 16.9. The van der Waals surface area contributed by atoms with Crippen LogP contribution < -0.4 is 19.9 Å². The normalized spacial score (nSPS) is 15.4. The van der Waals surface area contributed by atoms with E-state index in [4.69, 9.17) is 19.9 Å². The Morgan fingerprint density at radius 1 is 1.24 bits per heavy atom. The standard InChI is InChI=1S/C21H20N4O3S/c1-3-26-14-8-7-12(10-15(14)27-4-2)17-13(11-22)20(23)28-21-18(17)19(24-25-21)16-6-5-9-29-16/h5-10,17H,3-4,23H2,1-2H3,(H,24,25)/t17-/m1/s1. The Hall–Kier alpha value is -3.44. The molecule has 0 bridgehead atoms. The first-order valence-corrected chi connectivity index (χ1v) is 10.1. The molecule has 1 aliphatic heterocycles. The number of nitrogens with zero attached hydrogens (tertiary/aromatic N) is 2. The zero-order chi connectivity index (χ0) is 20.4. The van der Waals surface area contributed by atoms with E-state index in [1.54, 1.807) is 11.3 Å². The van der Waals surface area contributed by atoms with Crippen LogP contribution in [0.2, 0.25) is 0 Å². The van der Waals surface area contributed by atoms with Gasteiger partial charge in [0.15, 0.2) is 11.5 Å². The Morgan fingerprint density at radius 2 is 2.03 bits per heavy atom. The lowest BCUT2D eigenvalue weighted by molar-refractivity contribution is 0.287. The minimum atomic E-state index is -0.436. The molecule has 0 amide bonds. The van der Waals surface area contributed by atoms with Gasteiger partial charge in [-0.05, 0) is 43.0 Å².